The highest BCUT2D eigenvalue weighted by Crippen LogP contribution is 2.20. The normalized spacial score (nSPS) is 26.9. The van der Waals surface area contributed by atoms with Crippen LogP contribution in [0, 0.1) is 5.92 Å². The molecule has 0 spiro atoms. The SMILES string of the molecule is CC(CC1CCCCCN1C)C(=O)O. The average Bonchev–Trinajstić information content (AvgIpc) is 2.32. The lowest BCUT2D eigenvalue weighted by molar-refractivity contribution is -0.141. The molecule has 0 amide bonds. The van der Waals surface area contributed by atoms with Crippen molar-refractivity contribution in [1.82, 2.24) is 4.90 Å². The molecule has 0 radical (unpaired) electrons. The van der Waals surface area contributed by atoms with Gasteiger partial charge in [0.2, 0.25) is 0 Å². The Morgan fingerprint density at radius 2 is 2.21 bits per heavy atom. The third-order valence-electron chi connectivity index (χ3n) is 3.22. The van der Waals surface area contributed by atoms with Crippen molar-refractivity contribution in [2.24, 2.45) is 5.92 Å². The summed E-state index contributed by atoms with van der Waals surface area (Å²) in [5.74, 6) is -0.872. The molecule has 0 saturated carbocycles. The molecular weight excluding hydrogens is 178 g/mol. The smallest absolute Gasteiger partial charge is 0.306 e. The number of likely N-dealkylation sites (tertiary alicyclic amines) is 1. The fraction of sp³-hybridized carbons (Fsp3) is 0.909. The minimum Gasteiger partial charge on any atom is -0.481 e. The first-order valence-corrected chi connectivity index (χ1v) is 5.54. The topological polar surface area (TPSA) is 40.5 Å². The fourth-order valence-electron chi connectivity index (χ4n) is 2.13. The van der Waals surface area contributed by atoms with E-state index in [1.54, 1.807) is 6.92 Å². The molecule has 2 atom stereocenters. The molecule has 1 rings (SSSR count). The molecule has 1 N–H and O–H groups in total. The standard InChI is InChI=1S/C11H21NO2/c1-9(11(13)14)8-10-6-4-3-5-7-12(10)2/h9-10H,3-8H2,1-2H3,(H,13,14). The lowest BCUT2D eigenvalue weighted by Crippen LogP contribution is -2.33. The largest absolute Gasteiger partial charge is 0.481 e. The molecule has 0 aromatic rings. The molecule has 0 bridgehead atoms. The molecule has 0 aromatic carbocycles. The molecule has 3 nitrogen and oxygen atoms in total. The molecule has 0 aliphatic carbocycles. The van der Waals surface area contributed by atoms with E-state index in [-0.39, 0.29) is 5.92 Å². The minimum atomic E-state index is -0.664. The van der Waals surface area contributed by atoms with Gasteiger partial charge in [-0.05, 0) is 32.9 Å². The Labute approximate surface area is 86.1 Å². The summed E-state index contributed by atoms with van der Waals surface area (Å²) in [6.07, 6.45) is 5.76. The highest BCUT2D eigenvalue weighted by molar-refractivity contribution is 5.69. The van der Waals surface area contributed by atoms with Crippen LogP contribution < -0.4 is 0 Å². The molecule has 1 heterocycles. The summed E-state index contributed by atoms with van der Waals surface area (Å²) in [6, 6.07) is 0.476. The molecule has 1 fully saturated rings. The number of carboxylic acid groups (broad SMARTS) is 1. The minimum absolute atomic E-state index is 0.208. The van der Waals surface area contributed by atoms with Crippen molar-refractivity contribution < 1.29 is 9.90 Å². The Bertz CT molecular complexity index is 194. The number of carbonyl (C=O) groups is 1. The predicted octanol–water partition coefficient (Wildman–Crippen LogP) is 1.97. The summed E-state index contributed by atoms with van der Waals surface area (Å²) in [6.45, 7) is 2.93. The average molecular weight is 199 g/mol. The summed E-state index contributed by atoms with van der Waals surface area (Å²) in [7, 11) is 2.12. The van der Waals surface area contributed by atoms with Gasteiger partial charge in [0.05, 0.1) is 5.92 Å². The van der Waals surface area contributed by atoms with Gasteiger partial charge in [-0.2, -0.15) is 0 Å². The first-order valence-electron chi connectivity index (χ1n) is 5.54. The number of carboxylic acids is 1. The summed E-state index contributed by atoms with van der Waals surface area (Å²) in [5, 5.41) is 8.85. The maximum absolute atomic E-state index is 10.7. The Morgan fingerprint density at radius 1 is 1.50 bits per heavy atom. The highest BCUT2D eigenvalue weighted by atomic mass is 16.4. The molecular formula is C11H21NO2. The zero-order chi connectivity index (χ0) is 10.6. The van der Waals surface area contributed by atoms with Crippen LogP contribution in [-0.2, 0) is 4.79 Å². The van der Waals surface area contributed by atoms with E-state index in [1.165, 1.54) is 19.3 Å². The lowest BCUT2D eigenvalue weighted by atomic mass is 9.98. The second-order valence-corrected chi connectivity index (χ2v) is 4.46. The Kier molecular flexibility index (Phi) is 4.39. The first-order chi connectivity index (χ1) is 6.61. The van der Waals surface area contributed by atoms with Crippen LogP contribution in [0.5, 0.6) is 0 Å². The molecule has 3 heteroatoms. The number of hydrogen-bond acceptors (Lipinski definition) is 2. The van der Waals surface area contributed by atoms with Crippen LogP contribution in [0.15, 0.2) is 0 Å². The first kappa shape index (κ1) is 11.5. The molecule has 82 valence electrons. The van der Waals surface area contributed by atoms with E-state index in [9.17, 15) is 4.79 Å². The van der Waals surface area contributed by atoms with Crippen LogP contribution in [0.4, 0.5) is 0 Å². The predicted molar refractivity (Wildman–Crippen MR) is 56.3 cm³/mol. The highest BCUT2D eigenvalue weighted by Gasteiger charge is 2.22. The van der Waals surface area contributed by atoms with Crippen molar-refractivity contribution in [3.05, 3.63) is 0 Å². The van der Waals surface area contributed by atoms with Gasteiger partial charge in [0.25, 0.3) is 0 Å². The third-order valence-corrected chi connectivity index (χ3v) is 3.22. The summed E-state index contributed by atoms with van der Waals surface area (Å²) >= 11 is 0. The second-order valence-electron chi connectivity index (χ2n) is 4.46. The van der Waals surface area contributed by atoms with Gasteiger partial charge in [-0.15, -0.1) is 0 Å². The van der Waals surface area contributed by atoms with Gasteiger partial charge in [-0.3, -0.25) is 4.79 Å². The monoisotopic (exact) mass is 199 g/mol. The van der Waals surface area contributed by atoms with Crippen LogP contribution in [0.2, 0.25) is 0 Å². The van der Waals surface area contributed by atoms with Gasteiger partial charge in [0.1, 0.15) is 0 Å². The Balaban J connectivity index is 2.43. The Hall–Kier alpha value is -0.570. The van der Waals surface area contributed by atoms with Crippen molar-refractivity contribution in [3.8, 4) is 0 Å². The van der Waals surface area contributed by atoms with Gasteiger partial charge < -0.3 is 10.0 Å². The van der Waals surface area contributed by atoms with Gasteiger partial charge in [-0.25, -0.2) is 0 Å². The second kappa shape index (κ2) is 5.35. The number of rotatable bonds is 3. The van der Waals surface area contributed by atoms with Crippen molar-refractivity contribution in [2.45, 2.75) is 45.1 Å². The van der Waals surface area contributed by atoms with Crippen molar-refractivity contribution in [3.63, 3.8) is 0 Å². The van der Waals surface area contributed by atoms with Crippen LogP contribution in [0.1, 0.15) is 39.0 Å². The van der Waals surface area contributed by atoms with Crippen LogP contribution >= 0.6 is 0 Å². The van der Waals surface area contributed by atoms with Crippen LogP contribution in [0.25, 0.3) is 0 Å². The van der Waals surface area contributed by atoms with E-state index in [2.05, 4.69) is 11.9 Å². The van der Waals surface area contributed by atoms with Crippen molar-refractivity contribution >= 4 is 5.97 Å². The number of aliphatic carboxylic acids is 1. The van der Waals surface area contributed by atoms with E-state index in [4.69, 9.17) is 5.11 Å². The summed E-state index contributed by atoms with van der Waals surface area (Å²) < 4.78 is 0. The van der Waals surface area contributed by atoms with E-state index in [0.29, 0.717) is 6.04 Å². The molecule has 1 saturated heterocycles. The molecule has 0 aromatic heterocycles. The van der Waals surface area contributed by atoms with Gasteiger partial charge in [-0.1, -0.05) is 19.8 Å². The molecule has 14 heavy (non-hydrogen) atoms. The van der Waals surface area contributed by atoms with Crippen molar-refractivity contribution in [1.29, 1.82) is 0 Å². The lowest BCUT2D eigenvalue weighted by Gasteiger charge is -2.26. The zero-order valence-corrected chi connectivity index (χ0v) is 9.20. The van der Waals surface area contributed by atoms with E-state index >= 15 is 0 Å². The van der Waals surface area contributed by atoms with Gasteiger partial charge in [0, 0.05) is 6.04 Å². The number of hydrogen-bond donors (Lipinski definition) is 1. The van der Waals surface area contributed by atoms with Gasteiger partial charge >= 0.3 is 5.97 Å². The van der Waals surface area contributed by atoms with E-state index < -0.39 is 5.97 Å². The quantitative estimate of drug-likeness (QED) is 0.755. The third kappa shape index (κ3) is 3.29. The molecule has 1 aliphatic rings. The van der Waals surface area contributed by atoms with Crippen LogP contribution in [0.3, 0.4) is 0 Å². The van der Waals surface area contributed by atoms with Crippen molar-refractivity contribution in [2.75, 3.05) is 13.6 Å². The summed E-state index contributed by atoms with van der Waals surface area (Å²) in [4.78, 5) is 13.1. The van der Waals surface area contributed by atoms with E-state index in [1.807, 2.05) is 0 Å². The van der Waals surface area contributed by atoms with E-state index in [0.717, 1.165) is 19.4 Å². The maximum atomic E-state index is 10.7. The zero-order valence-electron chi connectivity index (χ0n) is 9.20. The molecule has 2 unspecified atom stereocenters. The fourth-order valence-corrected chi connectivity index (χ4v) is 2.13. The maximum Gasteiger partial charge on any atom is 0.306 e. The summed E-state index contributed by atoms with van der Waals surface area (Å²) in [5.41, 5.74) is 0. The molecule has 1 aliphatic heterocycles. The Morgan fingerprint density at radius 3 is 2.86 bits per heavy atom. The van der Waals surface area contributed by atoms with Gasteiger partial charge in [0.15, 0.2) is 0 Å². The number of nitrogens with zero attached hydrogens (tertiary/aromatic N) is 1. The van der Waals surface area contributed by atoms with Crippen LogP contribution in [-0.4, -0.2) is 35.6 Å².